The minimum Gasteiger partial charge on any atom is -0.497 e. The molecule has 1 saturated heterocycles. The van der Waals surface area contributed by atoms with Gasteiger partial charge in [0, 0.05) is 31.4 Å². The van der Waals surface area contributed by atoms with Crippen LogP contribution in [-0.2, 0) is 6.54 Å². The molecule has 1 aliphatic heterocycles. The van der Waals surface area contributed by atoms with Crippen LogP contribution in [0.25, 0.3) is 0 Å². The summed E-state index contributed by atoms with van der Waals surface area (Å²) in [7, 11) is 1.72. The lowest BCUT2D eigenvalue weighted by atomic mass is 9.96. The van der Waals surface area contributed by atoms with Crippen LogP contribution in [0.2, 0.25) is 0 Å². The van der Waals surface area contributed by atoms with E-state index in [9.17, 15) is 0 Å². The number of nitrogens with two attached hydrogens (primary N) is 1. The number of ether oxygens (including phenoxy) is 1. The van der Waals surface area contributed by atoms with Crippen molar-refractivity contribution in [2.45, 2.75) is 45.6 Å². The van der Waals surface area contributed by atoms with Crippen LogP contribution in [0, 0.1) is 5.92 Å². The summed E-state index contributed by atoms with van der Waals surface area (Å²) in [5.74, 6) is 1.82. The number of hydrogen-bond acceptors (Lipinski definition) is 3. The van der Waals surface area contributed by atoms with Crippen molar-refractivity contribution in [3.63, 3.8) is 0 Å². The number of methoxy groups -OCH3 is 1. The minimum absolute atomic E-state index is 0.591. The Balaban J connectivity index is 2.13. The standard InChI is InChI=1S/C17H28N2O/c1-3-5-14-6-4-10-19(11-9-14)17-12-16(20-2)8-7-15(17)13-18/h7-8,12,14H,3-6,9-11,13,18H2,1-2H3. The molecule has 1 unspecified atom stereocenters. The van der Waals surface area contributed by atoms with E-state index in [-0.39, 0.29) is 0 Å². The number of rotatable bonds is 5. The van der Waals surface area contributed by atoms with Gasteiger partial charge in [0.1, 0.15) is 5.75 Å². The van der Waals surface area contributed by atoms with E-state index in [0.29, 0.717) is 6.54 Å². The average molecular weight is 276 g/mol. The van der Waals surface area contributed by atoms with E-state index in [2.05, 4.69) is 24.0 Å². The molecule has 1 aromatic rings. The Bertz CT molecular complexity index is 419. The van der Waals surface area contributed by atoms with Gasteiger partial charge in [-0.15, -0.1) is 0 Å². The molecule has 0 bridgehead atoms. The van der Waals surface area contributed by atoms with Crippen molar-refractivity contribution in [2.75, 3.05) is 25.1 Å². The molecule has 0 aromatic heterocycles. The van der Waals surface area contributed by atoms with Crippen LogP contribution in [0.3, 0.4) is 0 Å². The first-order valence-electron chi connectivity index (χ1n) is 7.90. The van der Waals surface area contributed by atoms with E-state index in [0.717, 1.165) is 24.8 Å². The van der Waals surface area contributed by atoms with Gasteiger partial charge >= 0.3 is 0 Å². The minimum atomic E-state index is 0.591. The second-order valence-corrected chi connectivity index (χ2v) is 5.77. The summed E-state index contributed by atoms with van der Waals surface area (Å²) in [5, 5.41) is 0. The van der Waals surface area contributed by atoms with E-state index in [1.54, 1.807) is 7.11 Å². The van der Waals surface area contributed by atoms with Gasteiger partial charge in [0.05, 0.1) is 7.11 Å². The molecule has 0 radical (unpaired) electrons. The quantitative estimate of drug-likeness (QED) is 0.893. The fraction of sp³-hybridized carbons (Fsp3) is 0.647. The summed E-state index contributed by atoms with van der Waals surface area (Å²) in [6.45, 7) is 5.16. The predicted molar refractivity (Wildman–Crippen MR) is 85.3 cm³/mol. The smallest absolute Gasteiger partial charge is 0.120 e. The molecule has 20 heavy (non-hydrogen) atoms. The van der Waals surface area contributed by atoms with Gasteiger partial charge in [-0.3, -0.25) is 0 Å². The Morgan fingerprint density at radius 2 is 2.15 bits per heavy atom. The van der Waals surface area contributed by atoms with Gasteiger partial charge in [0.25, 0.3) is 0 Å². The predicted octanol–water partition coefficient (Wildman–Crippen LogP) is 3.56. The molecule has 1 atom stereocenters. The maximum Gasteiger partial charge on any atom is 0.120 e. The molecular weight excluding hydrogens is 248 g/mol. The average Bonchev–Trinajstić information content (AvgIpc) is 2.72. The first-order chi connectivity index (χ1) is 9.78. The van der Waals surface area contributed by atoms with E-state index >= 15 is 0 Å². The van der Waals surface area contributed by atoms with Crippen LogP contribution >= 0.6 is 0 Å². The molecule has 3 heteroatoms. The molecule has 1 aliphatic rings. The van der Waals surface area contributed by atoms with Crippen LogP contribution in [-0.4, -0.2) is 20.2 Å². The van der Waals surface area contributed by atoms with Gasteiger partial charge in [-0.05, 0) is 36.8 Å². The summed E-state index contributed by atoms with van der Waals surface area (Å²) in [4.78, 5) is 2.50. The third-order valence-corrected chi connectivity index (χ3v) is 4.40. The van der Waals surface area contributed by atoms with Crippen molar-refractivity contribution < 1.29 is 4.74 Å². The number of nitrogens with zero attached hydrogens (tertiary/aromatic N) is 1. The van der Waals surface area contributed by atoms with Crippen LogP contribution < -0.4 is 15.4 Å². The zero-order chi connectivity index (χ0) is 14.4. The van der Waals surface area contributed by atoms with Crippen molar-refractivity contribution in [3.05, 3.63) is 23.8 Å². The van der Waals surface area contributed by atoms with E-state index < -0.39 is 0 Å². The highest BCUT2D eigenvalue weighted by Gasteiger charge is 2.18. The number of hydrogen-bond donors (Lipinski definition) is 1. The third-order valence-electron chi connectivity index (χ3n) is 4.40. The Hall–Kier alpha value is -1.22. The Morgan fingerprint density at radius 3 is 2.85 bits per heavy atom. The molecule has 2 rings (SSSR count). The molecule has 0 saturated carbocycles. The molecule has 0 spiro atoms. The van der Waals surface area contributed by atoms with E-state index in [1.165, 1.54) is 43.4 Å². The highest BCUT2D eigenvalue weighted by Crippen LogP contribution is 2.30. The first-order valence-corrected chi connectivity index (χ1v) is 7.90. The Morgan fingerprint density at radius 1 is 1.30 bits per heavy atom. The van der Waals surface area contributed by atoms with Crippen LogP contribution in [0.5, 0.6) is 5.75 Å². The molecule has 3 nitrogen and oxygen atoms in total. The van der Waals surface area contributed by atoms with Crippen LogP contribution in [0.4, 0.5) is 5.69 Å². The van der Waals surface area contributed by atoms with Crippen LogP contribution in [0.1, 0.15) is 44.6 Å². The van der Waals surface area contributed by atoms with Gasteiger partial charge in [0.15, 0.2) is 0 Å². The second kappa shape index (κ2) is 7.53. The van der Waals surface area contributed by atoms with Crippen molar-refractivity contribution >= 4 is 5.69 Å². The third kappa shape index (κ3) is 3.66. The van der Waals surface area contributed by atoms with Crippen molar-refractivity contribution in [1.29, 1.82) is 0 Å². The van der Waals surface area contributed by atoms with E-state index in [1.807, 2.05) is 6.07 Å². The van der Waals surface area contributed by atoms with Gasteiger partial charge in [-0.2, -0.15) is 0 Å². The molecule has 112 valence electrons. The molecule has 0 aliphatic carbocycles. The molecule has 2 N–H and O–H groups in total. The zero-order valence-electron chi connectivity index (χ0n) is 12.9. The molecule has 1 aromatic carbocycles. The zero-order valence-corrected chi connectivity index (χ0v) is 12.9. The highest BCUT2D eigenvalue weighted by molar-refractivity contribution is 5.57. The highest BCUT2D eigenvalue weighted by atomic mass is 16.5. The number of benzene rings is 1. The summed E-state index contributed by atoms with van der Waals surface area (Å²) < 4.78 is 5.37. The molecular formula is C17H28N2O. The molecule has 1 heterocycles. The lowest BCUT2D eigenvalue weighted by Crippen LogP contribution is -2.26. The van der Waals surface area contributed by atoms with Crippen molar-refractivity contribution in [3.8, 4) is 5.75 Å². The summed E-state index contributed by atoms with van der Waals surface area (Å²) in [6, 6.07) is 6.24. The van der Waals surface area contributed by atoms with Gasteiger partial charge in [-0.1, -0.05) is 25.8 Å². The normalized spacial score (nSPS) is 19.8. The van der Waals surface area contributed by atoms with Crippen molar-refractivity contribution in [2.24, 2.45) is 11.7 Å². The number of anilines is 1. The molecule has 0 amide bonds. The monoisotopic (exact) mass is 276 g/mol. The Kier molecular flexibility index (Phi) is 5.72. The lowest BCUT2D eigenvalue weighted by molar-refractivity contribution is 0.414. The second-order valence-electron chi connectivity index (χ2n) is 5.77. The van der Waals surface area contributed by atoms with Gasteiger partial charge in [0.2, 0.25) is 0 Å². The Labute approximate surface area is 123 Å². The van der Waals surface area contributed by atoms with Crippen molar-refractivity contribution in [1.82, 2.24) is 0 Å². The lowest BCUT2D eigenvalue weighted by Gasteiger charge is -2.26. The fourth-order valence-electron chi connectivity index (χ4n) is 3.24. The maximum absolute atomic E-state index is 5.90. The van der Waals surface area contributed by atoms with Gasteiger partial charge in [-0.25, -0.2) is 0 Å². The summed E-state index contributed by atoms with van der Waals surface area (Å²) in [6.07, 6.45) is 6.63. The first kappa shape index (κ1) is 15.2. The SMILES string of the molecule is CCCC1CCCN(c2cc(OC)ccc2CN)CC1. The largest absolute Gasteiger partial charge is 0.497 e. The molecule has 1 fully saturated rings. The fourth-order valence-corrected chi connectivity index (χ4v) is 3.24. The van der Waals surface area contributed by atoms with Crippen LogP contribution in [0.15, 0.2) is 18.2 Å². The topological polar surface area (TPSA) is 38.5 Å². The van der Waals surface area contributed by atoms with E-state index in [4.69, 9.17) is 10.5 Å². The summed E-state index contributed by atoms with van der Waals surface area (Å²) >= 11 is 0. The maximum atomic E-state index is 5.90. The van der Waals surface area contributed by atoms with Gasteiger partial charge < -0.3 is 15.4 Å². The summed E-state index contributed by atoms with van der Waals surface area (Å²) in [5.41, 5.74) is 8.38.